The molecule has 2 heterocycles. The summed E-state index contributed by atoms with van der Waals surface area (Å²) in [4.78, 5) is 9.03. The van der Waals surface area contributed by atoms with Crippen molar-refractivity contribution in [1.29, 1.82) is 0 Å². The van der Waals surface area contributed by atoms with Crippen LogP contribution in [0.25, 0.3) is 10.4 Å². The summed E-state index contributed by atoms with van der Waals surface area (Å²) in [6.45, 7) is -0.194. The molecule has 0 saturated heterocycles. The van der Waals surface area contributed by atoms with E-state index >= 15 is 0 Å². The molecule has 9 heteroatoms. The molecule has 6 N–H and O–H groups in total. The second-order valence-electron chi connectivity index (χ2n) is 5.48. The molecule has 1 saturated carbocycles. The molecule has 7 nitrogen and oxygen atoms in total. The molecule has 0 amide bonds. The van der Waals surface area contributed by atoms with Crippen molar-refractivity contribution in [2.75, 3.05) is 17.7 Å². The third-order valence-electron chi connectivity index (χ3n) is 4.01. The standard InChI is InChI=1S/C14H17ClN4O3S/c15-12-9(8-2-1-3-23-8)13(19-14(16)18-12)17-7-4-6(5-20)10(21)11(7)22/h1-3,6-7,10-11,20-22H,4-5H2,(H3,16,17,18,19)/t6-,7-,10-,11+/m1/s1. The fourth-order valence-electron chi connectivity index (χ4n) is 2.82. The Morgan fingerprint density at radius 2 is 2.13 bits per heavy atom. The van der Waals surface area contributed by atoms with Crippen LogP contribution in [0.1, 0.15) is 6.42 Å². The van der Waals surface area contributed by atoms with E-state index in [4.69, 9.17) is 17.3 Å². The van der Waals surface area contributed by atoms with Gasteiger partial charge in [-0.25, -0.2) is 4.98 Å². The molecule has 0 aliphatic heterocycles. The van der Waals surface area contributed by atoms with Crippen molar-refractivity contribution in [1.82, 2.24) is 9.97 Å². The van der Waals surface area contributed by atoms with Gasteiger partial charge in [0.15, 0.2) is 0 Å². The van der Waals surface area contributed by atoms with Gasteiger partial charge in [0.25, 0.3) is 0 Å². The molecular formula is C14H17ClN4O3S. The summed E-state index contributed by atoms with van der Waals surface area (Å²) in [5.41, 5.74) is 6.28. The number of nitrogens with two attached hydrogens (primary N) is 1. The number of hydrogen-bond donors (Lipinski definition) is 5. The topological polar surface area (TPSA) is 125 Å². The van der Waals surface area contributed by atoms with Crippen LogP contribution in [0.5, 0.6) is 0 Å². The van der Waals surface area contributed by atoms with E-state index in [1.165, 1.54) is 11.3 Å². The Balaban J connectivity index is 1.94. The van der Waals surface area contributed by atoms with Crippen LogP contribution < -0.4 is 11.1 Å². The number of rotatable bonds is 4. The summed E-state index contributed by atoms with van der Waals surface area (Å²) in [5.74, 6) is 0.0340. The normalized spacial score (nSPS) is 27.3. The fourth-order valence-corrected chi connectivity index (χ4v) is 3.92. The first-order valence-electron chi connectivity index (χ1n) is 7.11. The van der Waals surface area contributed by atoms with Gasteiger partial charge in [0, 0.05) is 17.4 Å². The Hall–Kier alpha value is -1.45. The van der Waals surface area contributed by atoms with Crippen LogP contribution in [0.3, 0.4) is 0 Å². The van der Waals surface area contributed by atoms with E-state index in [1.807, 2.05) is 17.5 Å². The second kappa shape index (κ2) is 6.58. The van der Waals surface area contributed by atoms with Crippen molar-refractivity contribution in [3.05, 3.63) is 22.7 Å². The molecule has 0 unspecified atom stereocenters. The van der Waals surface area contributed by atoms with Crippen LogP contribution in [-0.4, -0.2) is 50.1 Å². The average Bonchev–Trinajstić information content (AvgIpc) is 3.11. The van der Waals surface area contributed by atoms with Crippen LogP contribution in [0.4, 0.5) is 11.8 Å². The van der Waals surface area contributed by atoms with Crippen molar-refractivity contribution in [3.63, 3.8) is 0 Å². The van der Waals surface area contributed by atoms with Gasteiger partial charge in [0.1, 0.15) is 17.1 Å². The summed E-state index contributed by atoms with van der Waals surface area (Å²) in [6.07, 6.45) is -1.60. The Morgan fingerprint density at radius 3 is 2.74 bits per heavy atom. The van der Waals surface area contributed by atoms with Crippen molar-refractivity contribution < 1.29 is 15.3 Å². The molecule has 0 spiro atoms. The lowest BCUT2D eigenvalue weighted by Crippen LogP contribution is -2.35. The number of aliphatic hydroxyl groups is 3. The summed E-state index contributed by atoms with van der Waals surface area (Å²) in [6, 6.07) is 3.30. The minimum atomic E-state index is -1.02. The van der Waals surface area contributed by atoms with Crippen LogP contribution in [-0.2, 0) is 0 Å². The Morgan fingerprint density at radius 1 is 1.35 bits per heavy atom. The molecule has 2 aromatic heterocycles. The quantitative estimate of drug-likeness (QED) is 0.516. The van der Waals surface area contributed by atoms with Crippen molar-refractivity contribution in [3.8, 4) is 10.4 Å². The number of anilines is 2. The van der Waals surface area contributed by atoms with Crippen molar-refractivity contribution >= 4 is 34.7 Å². The molecule has 23 heavy (non-hydrogen) atoms. The predicted octanol–water partition coefficient (Wildman–Crippen LogP) is 0.955. The number of aromatic nitrogens is 2. The van der Waals surface area contributed by atoms with Gasteiger partial charge in [-0.1, -0.05) is 17.7 Å². The van der Waals surface area contributed by atoms with E-state index in [9.17, 15) is 15.3 Å². The van der Waals surface area contributed by atoms with Crippen LogP contribution in [0.2, 0.25) is 5.15 Å². The number of nitrogen functional groups attached to an aromatic ring is 1. The van der Waals surface area contributed by atoms with E-state index in [1.54, 1.807) is 0 Å². The maximum Gasteiger partial charge on any atom is 0.223 e. The first-order chi connectivity index (χ1) is 11.0. The average molecular weight is 357 g/mol. The molecule has 1 fully saturated rings. The van der Waals surface area contributed by atoms with Gasteiger partial charge in [-0.3, -0.25) is 0 Å². The molecular weight excluding hydrogens is 340 g/mol. The van der Waals surface area contributed by atoms with Gasteiger partial charge < -0.3 is 26.4 Å². The van der Waals surface area contributed by atoms with Crippen molar-refractivity contribution in [2.45, 2.75) is 24.7 Å². The molecule has 0 radical (unpaired) electrons. The lowest BCUT2D eigenvalue weighted by atomic mass is 10.1. The number of nitrogens with zero attached hydrogens (tertiary/aromatic N) is 2. The summed E-state index contributed by atoms with van der Waals surface area (Å²) >= 11 is 7.69. The third-order valence-corrected chi connectivity index (χ3v) is 5.17. The van der Waals surface area contributed by atoms with Crippen LogP contribution >= 0.6 is 22.9 Å². The Kier molecular flexibility index (Phi) is 4.69. The predicted molar refractivity (Wildman–Crippen MR) is 89.4 cm³/mol. The molecule has 4 atom stereocenters. The summed E-state index contributed by atoms with van der Waals surface area (Å²) in [5, 5.41) is 34.6. The Labute approximate surface area is 141 Å². The highest BCUT2D eigenvalue weighted by molar-refractivity contribution is 7.13. The van der Waals surface area contributed by atoms with E-state index in [-0.39, 0.29) is 23.6 Å². The largest absolute Gasteiger partial charge is 0.396 e. The smallest absolute Gasteiger partial charge is 0.223 e. The number of aliphatic hydroxyl groups excluding tert-OH is 3. The highest BCUT2D eigenvalue weighted by Crippen LogP contribution is 2.38. The molecule has 1 aliphatic carbocycles. The zero-order valence-electron chi connectivity index (χ0n) is 12.1. The van der Waals surface area contributed by atoms with E-state index < -0.39 is 18.2 Å². The molecule has 0 aromatic carbocycles. The lowest BCUT2D eigenvalue weighted by Gasteiger charge is -2.20. The Bertz CT molecular complexity index is 685. The number of halogens is 1. The third kappa shape index (κ3) is 3.13. The second-order valence-corrected chi connectivity index (χ2v) is 6.79. The number of thiophene rings is 1. The molecule has 0 bridgehead atoms. The minimum absolute atomic E-state index is 0.0181. The van der Waals surface area contributed by atoms with E-state index in [0.29, 0.717) is 17.8 Å². The van der Waals surface area contributed by atoms with Gasteiger partial charge in [-0.05, 0) is 17.9 Å². The molecule has 2 aromatic rings. The zero-order valence-corrected chi connectivity index (χ0v) is 13.6. The lowest BCUT2D eigenvalue weighted by molar-refractivity contribution is 0.00446. The van der Waals surface area contributed by atoms with Crippen molar-refractivity contribution in [2.24, 2.45) is 5.92 Å². The monoisotopic (exact) mass is 356 g/mol. The van der Waals surface area contributed by atoms with Gasteiger partial charge >= 0.3 is 0 Å². The van der Waals surface area contributed by atoms with Crippen LogP contribution in [0.15, 0.2) is 17.5 Å². The van der Waals surface area contributed by atoms with Gasteiger partial charge in [-0.2, -0.15) is 4.98 Å². The molecule has 124 valence electrons. The maximum absolute atomic E-state index is 10.2. The van der Waals surface area contributed by atoms with Crippen LogP contribution in [0, 0.1) is 5.92 Å². The maximum atomic E-state index is 10.2. The summed E-state index contributed by atoms with van der Waals surface area (Å²) < 4.78 is 0. The van der Waals surface area contributed by atoms with E-state index in [0.717, 1.165) is 4.88 Å². The zero-order chi connectivity index (χ0) is 16.6. The van der Waals surface area contributed by atoms with Gasteiger partial charge in [0.2, 0.25) is 5.95 Å². The van der Waals surface area contributed by atoms with Gasteiger partial charge in [0.05, 0.1) is 17.7 Å². The highest BCUT2D eigenvalue weighted by Gasteiger charge is 2.41. The minimum Gasteiger partial charge on any atom is -0.396 e. The fraction of sp³-hybridized carbons (Fsp3) is 0.429. The molecule has 1 aliphatic rings. The van der Waals surface area contributed by atoms with E-state index in [2.05, 4.69) is 15.3 Å². The number of hydrogen-bond acceptors (Lipinski definition) is 8. The first kappa shape index (κ1) is 16.4. The molecule has 3 rings (SSSR count). The highest BCUT2D eigenvalue weighted by atomic mass is 35.5. The van der Waals surface area contributed by atoms with Gasteiger partial charge in [-0.15, -0.1) is 11.3 Å². The number of nitrogens with one attached hydrogen (secondary N) is 1. The first-order valence-corrected chi connectivity index (χ1v) is 8.37. The SMILES string of the molecule is Nc1nc(Cl)c(-c2cccs2)c(N[C@@H]2C[C@H](CO)[C@@H](O)[C@H]2O)n1. The summed E-state index contributed by atoms with van der Waals surface area (Å²) in [7, 11) is 0.